The van der Waals surface area contributed by atoms with Crippen LogP contribution < -0.4 is 5.73 Å². The van der Waals surface area contributed by atoms with Crippen LogP contribution in [0, 0.1) is 12.8 Å². The molecule has 0 aliphatic heterocycles. The zero-order valence-corrected chi connectivity index (χ0v) is 12.0. The predicted octanol–water partition coefficient (Wildman–Crippen LogP) is 4.16. The minimum Gasteiger partial charge on any atom is -0.322 e. The van der Waals surface area contributed by atoms with E-state index in [0.717, 1.165) is 17.1 Å². The molecule has 0 saturated heterocycles. The van der Waals surface area contributed by atoms with Crippen LogP contribution in [-0.4, -0.2) is 4.98 Å². The molecule has 1 atom stereocenters. The molecule has 0 saturated carbocycles. The van der Waals surface area contributed by atoms with Crippen LogP contribution in [0.5, 0.6) is 0 Å². The van der Waals surface area contributed by atoms with Crippen molar-refractivity contribution in [2.24, 2.45) is 11.7 Å². The monoisotopic (exact) mass is 260 g/mol. The van der Waals surface area contributed by atoms with E-state index < -0.39 is 0 Å². The van der Waals surface area contributed by atoms with Gasteiger partial charge in [0.25, 0.3) is 0 Å². The number of aryl methyl sites for hydroxylation is 1. The van der Waals surface area contributed by atoms with Gasteiger partial charge in [0.15, 0.2) is 0 Å². The number of nitrogens with two attached hydrogens (primary N) is 1. The second kappa shape index (κ2) is 5.63. The Morgan fingerprint density at radius 1 is 1.22 bits per heavy atom. The first-order valence-electron chi connectivity index (χ1n) is 6.34. The van der Waals surface area contributed by atoms with Crippen molar-refractivity contribution in [1.82, 2.24) is 4.98 Å². The lowest BCUT2D eigenvalue weighted by Gasteiger charge is -2.10. The third-order valence-corrected chi connectivity index (χ3v) is 3.89. The van der Waals surface area contributed by atoms with Crippen LogP contribution in [0.3, 0.4) is 0 Å². The molecule has 3 heteroatoms. The third-order valence-electron chi connectivity index (χ3n) is 2.91. The highest BCUT2D eigenvalue weighted by Crippen LogP contribution is 2.27. The zero-order chi connectivity index (χ0) is 13.1. The molecule has 0 bridgehead atoms. The van der Waals surface area contributed by atoms with Crippen molar-refractivity contribution in [1.29, 1.82) is 0 Å². The van der Waals surface area contributed by atoms with E-state index in [1.165, 1.54) is 11.1 Å². The molecule has 2 nitrogen and oxygen atoms in total. The SMILES string of the molecule is Cc1ccc(-c2csc(C(N)CC(C)C)n2)cc1. The zero-order valence-electron chi connectivity index (χ0n) is 11.2. The van der Waals surface area contributed by atoms with Gasteiger partial charge < -0.3 is 5.73 Å². The quantitative estimate of drug-likeness (QED) is 0.896. The molecule has 2 N–H and O–H groups in total. The second-order valence-electron chi connectivity index (χ2n) is 5.17. The Bertz CT molecular complexity index is 499. The number of hydrogen-bond acceptors (Lipinski definition) is 3. The lowest BCUT2D eigenvalue weighted by atomic mass is 10.1. The van der Waals surface area contributed by atoms with Gasteiger partial charge in [0.2, 0.25) is 0 Å². The molecule has 2 aromatic rings. The number of rotatable bonds is 4. The van der Waals surface area contributed by atoms with Gasteiger partial charge >= 0.3 is 0 Å². The first-order valence-corrected chi connectivity index (χ1v) is 7.22. The van der Waals surface area contributed by atoms with E-state index in [-0.39, 0.29) is 6.04 Å². The highest BCUT2D eigenvalue weighted by Gasteiger charge is 2.13. The van der Waals surface area contributed by atoms with Gasteiger partial charge in [-0.05, 0) is 19.3 Å². The van der Waals surface area contributed by atoms with Crippen molar-refractivity contribution in [3.63, 3.8) is 0 Å². The average molecular weight is 260 g/mol. The molecule has 1 heterocycles. The fourth-order valence-corrected chi connectivity index (χ4v) is 2.77. The van der Waals surface area contributed by atoms with E-state index in [0.29, 0.717) is 5.92 Å². The number of nitrogens with zero attached hydrogens (tertiary/aromatic N) is 1. The molecule has 1 unspecified atom stereocenters. The fourth-order valence-electron chi connectivity index (χ4n) is 1.92. The molecule has 96 valence electrons. The molecule has 0 fully saturated rings. The summed E-state index contributed by atoms with van der Waals surface area (Å²) in [7, 11) is 0. The van der Waals surface area contributed by atoms with Gasteiger partial charge in [0.05, 0.1) is 11.7 Å². The van der Waals surface area contributed by atoms with Crippen LogP contribution in [0.15, 0.2) is 29.6 Å². The van der Waals surface area contributed by atoms with Crippen LogP contribution in [0.1, 0.15) is 36.9 Å². The first-order chi connectivity index (χ1) is 8.56. The highest BCUT2D eigenvalue weighted by molar-refractivity contribution is 7.10. The van der Waals surface area contributed by atoms with Gasteiger partial charge in [0.1, 0.15) is 5.01 Å². The Morgan fingerprint density at radius 2 is 1.89 bits per heavy atom. The minimum absolute atomic E-state index is 0.0641. The van der Waals surface area contributed by atoms with Crippen molar-refractivity contribution < 1.29 is 0 Å². The summed E-state index contributed by atoms with van der Waals surface area (Å²) in [5.74, 6) is 0.603. The number of hydrogen-bond donors (Lipinski definition) is 1. The molecule has 2 rings (SSSR count). The molecule has 0 aliphatic rings. The van der Waals surface area contributed by atoms with E-state index >= 15 is 0 Å². The largest absolute Gasteiger partial charge is 0.322 e. The van der Waals surface area contributed by atoms with Gasteiger partial charge in [-0.15, -0.1) is 11.3 Å². The van der Waals surface area contributed by atoms with Crippen LogP contribution in [-0.2, 0) is 0 Å². The summed E-state index contributed by atoms with van der Waals surface area (Å²) in [6, 6.07) is 8.52. The summed E-state index contributed by atoms with van der Waals surface area (Å²) in [6.07, 6.45) is 0.987. The Hall–Kier alpha value is -1.19. The highest BCUT2D eigenvalue weighted by atomic mass is 32.1. The minimum atomic E-state index is 0.0641. The van der Waals surface area contributed by atoms with Crippen LogP contribution in [0.25, 0.3) is 11.3 Å². The number of aromatic nitrogens is 1. The van der Waals surface area contributed by atoms with Crippen molar-refractivity contribution in [3.8, 4) is 11.3 Å². The van der Waals surface area contributed by atoms with E-state index in [1.54, 1.807) is 11.3 Å². The van der Waals surface area contributed by atoms with Crippen LogP contribution in [0.2, 0.25) is 0 Å². The number of thiazole rings is 1. The Morgan fingerprint density at radius 3 is 2.50 bits per heavy atom. The summed E-state index contributed by atoms with van der Waals surface area (Å²) in [5.41, 5.74) is 9.63. The smallest absolute Gasteiger partial charge is 0.110 e. The van der Waals surface area contributed by atoms with Gasteiger partial charge in [-0.3, -0.25) is 0 Å². The summed E-state index contributed by atoms with van der Waals surface area (Å²) < 4.78 is 0. The molecule has 1 aromatic carbocycles. The third kappa shape index (κ3) is 3.18. The van der Waals surface area contributed by atoms with E-state index in [4.69, 9.17) is 5.73 Å². The molecule has 0 radical (unpaired) electrons. The number of benzene rings is 1. The Balaban J connectivity index is 2.17. The molecule has 0 aliphatic carbocycles. The van der Waals surface area contributed by atoms with E-state index in [1.807, 2.05) is 0 Å². The van der Waals surface area contributed by atoms with Gasteiger partial charge in [-0.25, -0.2) is 4.98 Å². The van der Waals surface area contributed by atoms with Crippen LogP contribution >= 0.6 is 11.3 Å². The maximum atomic E-state index is 6.16. The molecular weight excluding hydrogens is 240 g/mol. The Labute approximate surface area is 113 Å². The van der Waals surface area contributed by atoms with E-state index in [9.17, 15) is 0 Å². The van der Waals surface area contributed by atoms with Gasteiger partial charge in [0, 0.05) is 10.9 Å². The predicted molar refractivity (Wildman–Crippen MR) is 78.7 cm³/mol. The van der Waals surface area contributed by atoms with Crippen molar-refractivity contribution in [2.75, 3.05) is 0 Å². The Kier molecular flexibility index (Phi) is 4.15. The standard InChI is InChI=1S/C15H20N2S/c1-10(2)8-13(16)15-17-14(9-18-15)12-6-4-11(3)5-7-12/h4-7,9-10,13H,8,16H2,1-3H3. The van der Waals surface area contributed by atoms with Gasteiger partial charge in [-0.2, -0.15) is 0 Å². The summed E-state index contributed by atoms with van der Waals surface area (Å²) in [6.45, 7) is 6.47. The maximum Gasteiger partial charge on any atom is 0.110 e. The summed E-state index contributed by atoms with van der Waals surface area (Å²) in [5, 5.41) is 3.14. The average Bonchev–Trinajstić information content (AvgIpc) is 2.78. The van der Waals surface area contributed by atoms with Crippen molar-refractivity contribution in [3.05, 3.63) is 40.2 Å². The first kappa shape index (κ1) is 13.2. The molecule has 18 heavy (non-hydrogen) atoms. The summed E-state index contributed by atoms with van der Waals surface area (Å²) in [4.78, 5) is 4.66. The topological polar surface area (TPSA) is 38.9 Å². The second-order valence-corrected chi connectivity index (χ2v) is 6.06. The summed E-state index contributed by atoms with van der Waals surface area (Å²) >= 11 is 1.66. The lowest BCUT2D eigenvalue weighted by molar-refractivity contribution is 0.508. The normalized spacial score (nSPS) is 12.9. The molecule has 0 amide bonds. The molecule has 1 aromatic heterocycles. The maximum absolute atomic E-state index is 6.16. The molecular formula is C15H20N2S. The molecule has 0 spiro atoms. The van der Waals surface area contributed by atoms with Crippen molar-refractivity contribution >= 4 is 11.3 Å². The fraction of sp³-hybridized carbons (Fsp3) is 0.400. The lowest BCUT2D eigenvalue weighted by Crippen LogP contribution is -2.12. The van der Waals surface area contributed by atoms with Gasteiger partial charge in [-0.1, -0.05) is 43.7 Å². The van der Waals surface area contributed by atoms with Crippen LogP contribution in [0.4, 0.5) is 0 Å². The van der Waals surface area contributed by atoms with Crippen molar-refractivity contribution in [2.45, 2.75) is 33.2 Å². The van der Waals surface area contributed by atoms with E-state index in [2.05, 4.69) is 55.4 Å².